The van der Waals surface area contributed by atoms with E-state index in [4.69, 9.17) is 10.2 Å². The molecule has 0 spiro atoms. The summed E-state index contributed by atoms with van der Waals surface area (Å²) in [4.78, 5) is 11.7. The number of nitrogens with zero attached hydrogens (tertiary/aromatic N) is 5. The number of rotatable bonds is 6. The van der Waals surface area contributed by atoms with Crippen LogP contribution in [0.15, 0.2) is 9.57 Å². The Morgan fingerprint density at radius 3 is 2.80 bits per heavy atom. The van der Waals surface area contributed by atoms with Gasteiger partial charge >= 0.3 is 6.01 Å². The van der Waals surface area contributed by atoms with E-state index in [2.05, 4.69) is 25.7 Å². The van der Waals surface area contributed by atoms with Gasteiger partial charge in [-0.1, -0.05) is 16.9 Å². The minimum Gasteiger partial charge on any atom is -0.408 e. The third-order valence-electron chi connectivity index (χ3n) is 2.40. The molecule has 0 aliphatic heterocycles. The second kappa shape index (κ2) is 6.48. The van der Waals surface area contributed by atoms with Crippen molar-refractivity contribution in [2.45, 2.75) is 32.1 Å². The van der Waals surface area contributed by atoms with E-state index in [0.29, 0.717) is 30.0 Å². The largest absolute Gasteiger partial charge is 0.408 e. The molecule has 10 heteroatoms. The summed E-state index contributed by atoms with van der Waals surface area (Å²) in [5.41, 5.74) is 5.56. The van der Waals surface area contributed by atoms with Gasteiger partial charge in [0, 0.05) is 13.5 Å². The minimum absolute atomic E-state index is 0.0905. The summed E-state index contributed by atoms with van der Waals surface area (Å²) in [6.45, 7) is 4.63. The van der Waals surface area contributed by atoms with Crippen LogP contribution in [0.4, 0.5) is 6.01 Å². The molecule has 0 aliphatic rings. The topological polar surface area (TPSA) is 125 Å². The Morgan fingerprint density at radius 1 is 1.40 bits per heavy atom. The first-order valence-corrected chi connectivity index (χ1v) is 6.97. The molecule has 0 aliphatic carbocycles. The van der Waals surface area contributed by atoms with E-state index in [-0.39, 0.29) is 17.7 Å². The van der Waals surface area contributed by atoms with Gasteiger partial charge in [0.25, 0.3) is 0 Å². The molecule has 2 aromatic rings. The lowest BCUT2D eigenvalue weighted by molar-refractivity contribution is -0.113. The van der Waals surface area contributed by atoms with Crippen molar-refractivity contribution in [3.05, 3.63) is 11.7 Å². The van der Waals surface area contributed by atoms with Gasteiger partial charge in [-0.05, 0) is 6.92 Å². The van der Waals surface area contributed by atoms with E-state index in [0.717, 1.165) is 0 Å². The van der Waals surface area contributed by atoms with E-state index in [1.807, 2.05) is 11.5 Å². The molecular formula is C10H15N7O2S. The molecule has 0 aromatic carbocycles. The lowest BCUT2D eigenvalue weighted by Crippen LogP contribution is -2.15. The van der Waals surface area contributed by atoms with Gasteiger partial charge < -0.3 is 14.7 Å². The smallest absolute Gasteiger partial charge is 0.322 e. The van der Waals surface area contributed by atoms with E-state index >= 15 is 0 Å². The fourth-order valence-corrected chi connectivity index (χ4v) is 2.35. The van der Waals surface area contributed by atoms with Gasteiger partial charge in [0.05, 0.1) is 12.3 Å². The monoisotopic (exact) mass is 297 g/mol. The van der Waals surface area contributed by atoms with Crippen molar-refractivity contribution in [3.63, 3.8) is 0 Å². The molecule has 3 N–H and O–H groups in total. The standard InChI is InChI=1S/C10H15N7O2S/c1-3-17-7(4-11)14-16-10(17)20-5-8(18)12-9-15-13-6(2)19-9/h3-5,11H2,1-2H3,(H,12,15,18). The first kappa shape index (κ1) is 14.5. The molecule has 20 heavy (non-hydrogen) atoms. The Kier molecular flexibility index (Phi) is 4.69. The number of carbonyl (C=O) groups excluding carboxylic acids is 1. The van der Waals surface area contributed by atoms with Crippen LogP contribution >= 0.6 is 11.8 Å². The number of carbonyl (C=O) groups is 1. The molecule has 2 aromatic heterocycles. The molecule has 0 unspecified atom stereocenters. The summed E-state index contributed by atoms with van der Waals surface area (Å²) in [6, 6.07) is 0.0905. The average Bonchev–Trinajstić information content (AvgIpc) is 3.01. The number of aryl methyl sites for hydroxylation is 1. The highest BCUT2D eigenvalue weighted by atomic mass is 32.2. The van der Waals surface area contributed by atoms with Crippen LogP contribution < -0.4 is 11.1 Å². The maximum Gasteiger partial charge on any atom is 0.322 e. The second-order valence-electron chi connectivity index (χ2n) is 3.81. The van der Waals surface area contributed by atoms with Crippen molar-refractivity contribution in [2.24, 2.45) is 5.73 Å². The number of thioether (sulfide) groups is 1. The van der Waals surface area contributed by atoms with Crippen LogP contribution in [0.25, 0.3) is 0 Å². The average molecular weight is 297 g/mol. The summed E-state index contributed by atoms with van der Waals surface area (Å²) < 4.78 is 6.93. The molecule has 2 rings (SSSR count). The number of nitrogens with one attached hydrogen (secondary N) is 1. The SMILES string of the molecule is CCn1c(CN)nnc1SCC(=O)Nc1nnc(C)o1. The molecule has 0 saturated carbocycles. The maximum absolute atomic E-state index is 11.7. The Bertz CT molecular complexity index is 594. The number of hydrogen-bond acceptors (Lipinski definition) is 8. The normalized spacial score (nSPS) is 10.8. The van der Waals surface area contributed by atoms with Crippen LogP contribution in [0, 0.1) is 6.92 Å². The van der Waals surface area contributed by atoms with Gasteiger partial charge in [0.2, 0.25) is 11.8 Å². The van der Waals surface area contributed by atoms with Gasteiger partial charge in [-0.25, -0.2) is 0 Å². The van der Waals surface area contributed by atoms with E-state index in [9.17, 15) is 4.79 Å². The zero-order valence-corrected chi connectivity index (χ0v) is 12.0. The molecule has 0 saturated heterocycles. The Hall–Kier alpha value is -1.94. The van der Waals surface area contributed by atoms with Crippen LogP contribution in [0.3, 0.4) is 0 Å². The molecule has 9 nitrogen and oxygen atoms in total. The first-order chi connectivity index (χ1) is 9.63. The van der Waals surface area contributed by atoms with Crippen LogP contribution in [0.1, 0.15) is 18.6 Å². The zero-order chi connectivity index (χ0) is 14.5. The number of hydrogen-bond donors (Lipinski definition) is 2. The second-order valence-corrected chi connectivity index (χ2v) is 4.75. The molecule has 0 fully saturated rings. The van der Waals surface area contributed by atoms with Crippen LogP contribution in [-0.2, 0) is 17.9 Å². The predicted molar refractivity (Wildman–Crippen MR) is 72.0 cm³/mol. The van der Waals surface area contributed by atoms with Crippen LogP contribution in [0.2, 0.25) is 0 Å². The van der Waals surface area contributed by atoms with Crippen LogP contribution in [0.5, 0.6) is 0 Å². The van der Waals surface area contributed by atoms with E-state index in [1.54, 1.807) is 6.92 Å². The van der Waals surface area contributed by atoms with Gasteiger partial charge in [0.15, 0.2) is 5.16 Å². The van der Waals surface area contributed by atoms with Gasteiger partial charge in [-0.3, -0.25) is 10.1 Å². The highest BCUT2D eigenvalue weighted by Crippen LogP contribution is 2.17. The molecule has 108 valence electrons. The number of nitrogens with two attached hydrogens (primary N) is 1. The highest BCUT2D eigenvalue weighted by Gasteiger charge is 2.13. The summed E-state index contributed by atoms with van der Waals surface area (Å²) in [6.07, 6.45) is 0. The first-order valence-electron chi connectivity index (χ1n) is 5.99. The van der Waals surface area contributed by atoms with Crippen molar-refractivity contribution >= 4 is 23.7 Å². The molecular weight excluding hydrogens is 282 g/mol. The predicted octanol–water partition coefficient (Wildman–Crippen LogP) is 0.179. The van der Waals surface area contributed by atoms with Crippen molar-refractivity contribution in [3.8, 4) is 0 Å². The summed E-state index contributed by atoms with van der Waals surface area (Å²) >= 11 is 1.27. The fraction of sp³-hybridized carbons (Fsp3) is 0.500. The lowest BCUT2D eigenvalue weighted by atomic mass is 10.6. The Labute approximate surface area is 119 Å². The number of aromatic nitrogens is 5. The summed E-state index contributed by atoms with van der Waals surface area (Å²) in [5, 5.41) is 18.4. The third-order valence-corrected chi connectivity index (χ3v) is 3.36. The van der Waals surface area contributed by atoms with Gasteiger partial charge in [-0.2, -0.15) is 0 Å². The zero-order valence-electron chi connectivity index (χ0n) is 11.2. The van der Waals surface area contributed by atoms with Gasteiger partial charge in [0.1, 0.15) is 5.82 Å². The van der Waals surface area contributed by atoms with Crippen molar-refractivity contribution < 1.29 is 9.21 Å². The highest BCUT2D eigenvalue weighted by molar-refractivity contribution is 7.99. The summed E-state index contributed by atoms with van der Waals surface area (Å²) in [7, 11) is 0. The number of amides is 1. The molecule has 0 radical (unpaired) electrons. The van der Waals surface area contributed by atoms with Gasteiger partial charge in [-0.15, -0.1) is 15.3 Å². The third kappa shape index (κ3) is 3.33. The maximum atomic E-state index is 11.7. The Balaban J connectivity index is 1.91. The molecule has 1 amide bonds. The van der Waals surface area contributed by atoms with Crippen molar-refractivity contribution in [1.82, 2.24) is 25.0 Å². The number of anilines is 1. The van der Waals surface area contributed by atoms with Crippen LogP contribution in [-0.4, -0.2) is 36.6 Å². The van der Waals surface area contributed by atoms with Crippen molar-refractivity contribution in [2.75, 3.05) is 11.1 Å². The fourth-order valence-electron chi connectivity index (χ4n) is 1.53. The minimum atomic E-state index is -0.251. The summed E-state index contributed by atoms with van der Waals surface area (Å²) in [5.74, 6) is 1.01. The van der Waals surface area contributed by atoms with E-state index < -0.39 is 0 Å². The lowest BCUT2D eigenvalue weighted by Gasteiger charge is -2.05. The molecule has 2 heterocycles. The molecule has 0 bridgehead atoms. The Morgan fingerprint density at radius 2 is 2.20 bits per heavy atom. The van der Waals surface area contributed by atoms with E-state index in [1.165, 1.54) is 11.8 Å². The molecule has 0 atom stereocenters. The quantitative estimate of drug-likeness (QED) is 0.723. The van der Waals surface area contributed by atoms with Crippen molar-refractivity contribution in [1.29, 1.82) is 0 Å².